The minimum absolute atomic E-state index is 0.106. The molecule has 0 fully saturated rings. The predicted octanol–water partition coefficient (Wildman–Crippen LogP) is 2.99. The largest absolute Gasteiger partial charge is 0.277 e. The van der Waals surface area contributed by atoms with Crippen molar-refractivity contribution in [1.82, 2.24) is 14.8 Å². The predicted molar refractivity (Wildman–Crippen MR) is 86.8 cm³/mol. The zero-order chi connectivity index (χ0) is 14.9. The Labute approximate surface area is 126 Å². The van der Waals surface area contributed by atoms with E-state index in [0.29, 0.717) is 17.4 Å². The molecule has 4 nitrogen and oxygen atoms in total. The van der Waals surface area contributed by atoms with E-state index >= 15 is 0 Å². The fourth-order valence-electron chi connectivity index (χ4n) is 2.68. The van der Waals surface area contributed by atoms with Crippen LogP contribution in [0.5, 0.6) is 0 Å². The Balaban J connectivity index is 1.96. The van der Waals surface area contributed by atoms with Crippen LogP contribution in [0.15, 0.2) is 71.8 Å². The molecule has 106 valence electrons. The molecule has 0 aliphatic rings. The highest BCUT2D eigenvalue weighted by Gasteiger charge is 2.09. The van der Waals surface area contributed by atoms with Crippen molar-refractivity contribution in [3.05, 3.63) is 82.9 Å². The summed E-state index contributed by atoms with van der Waals surface area (Å²) >= 11 is 0. The van der Waals surface area contributed by atoms with E-state index in [1.54, 1.807) is 12.4 Å². The smallest absolute Gasteiger partial charge is 0.267 e. The number of hydrogen-bond donors (Lipinski definition) is 0. The quantitative estimate of drug-likeness (QED) is 0.532. The zero-order valence-electron chi connectivity index (χ0n) is 11.8. The van der Waals surface area contributed by atoms with E-state index in [2.05, 4.69) is 10.1 Å². The molecule has 2 aromatic carbocycles. The van der Waals surface area contributed by atoms with Crippen LogP contribution in [0.2, 0.25) is 0 Å². The summed E-state index contributed by atoms with van der Waals surface area (Å²) in [6.07, 6.45) is 3.44. The van der Waals surface area contributed by atoms with Gasteiger partial charge in [0.25, 0.3) is 5.56 Å². The third kappa shape index (κ3) is 2.05. The number of hydrogen-bond acceptors (Lipinski definition) is 3. The van der Waals surface area contributed by atoms with E-state index in [9.17, 15) is 4.79 Å². The van der Waals surface area contributed by atoms with Crippen LogP contribution in [0.4, 0.5) is 0 Å². The van der Waals surface area contributed by atoms with Crippen molar-refractivity contribution in [3.63, 3.8) is 0 Å². The molecule has 22 heavy (non-hydrogen) atoms. The fraction of sp³-hybridized carbons (Fsp3) is 0.0556. The molecule has 4 rings (SSSR count). The maximum atomic E-state index is 12.8. The molecule has 0 saturated carbocycles. The average Bonchev–Trinajstić information content (AvgIpc) is 2.58. The van der Waals surface area contributed by atoms with Gasteiger partial charge in [0, 0.05) is 11.6 Å². The first kappa shape index (κ1) is 12.7. The van der Waals surface area contributed by atoms with Gasteiger partial charge in [-0.2, -0.15) is 5.10 Å². The van der Waals surface area contributed by atoms with Crippen LogP contribution in [-0.4, -0.2) is 14.8 Å². The minimum Gasteiger partial charge on any atom is -0.267 e. The van der Waals surface area contributed by atoms with E-state index in [1.807, 2.05) is 54.6 Å². The maximum absolute atomic E-state index is 12.8. The Morgan fingerprint density at radius 1 is 0.909 bits per heavy atom. The molecule has 0 unspecified atom stereocenters. The van der Waals surface area contributed by atoms with Gasteiger partial charge in [-0.15, -0.1) is 0 Å². The Hall–Kier alpha value is -3.01. The van der Waals surface area contributed by atoms with Crippen LogP contribution in [0.1, 0.15) is 5.56 Å². The number of nitrogens with zero attached hydrogens (tertiary/aromatic N) is 3. The number of rotatable bonds is 2. The monoisotopic (exact) mass is 287 g/mol. The summed E-state index contributed by atoms with van der Waals surface area (Å²) < 4.78 is 1.49. The normalized spacial score (nSPS) is 11.1. The number of aromatic nitrogens is 3. The second-order valence-electron chi connectivity index (χ2n) is 5.20. The van der Waals surface area contributed by atoms with Gasteiger partial charge in [0.15, 0.2) is 0 Å². The van der Waals surface area contributed by atoms with Crippen molar-refractivity contribution < 1.29 is 0 Å². The molecule has 0 aliphatic carbocycles. The highest BCUT2D eigenvalue weighted by atomic mass is 16.1. The van der Waals surface area contributed by atoms with Crippen LogP contribution in [-0.2, 0) is 6.54 Å². The standard InChI is InChI=1S/C18H13N3O/c22-18-17-15-9-5-4-8-14(15)10-19-16(17)11-20-21(18)12-13-6-2-1-3-7-13/h1-11H,12H2. The molecular formula is C18H13N3O. The van der Waals surface area contributed by atoms with Gasteiger partial charge in [0.05, 0.1) is 23.6 Å². The lowest BCUT2D eigenvalue weighted by molar-refractivity contribution is 0.647. The van der Waals surface area contributed by atoms with Gasteiger partial charge in [0.2, 0.25) is 0 Å². The molecule has 2 heterocycles. The van der Waals surface area contributed by atoms with E-state index in [-0.39, 0.29) is 5.56 Å². The lowest BCUT2D eigenvalue weighted by Gasteiger charge is -2.07. The second-order valence-corrected chi connectivity index (χ2v) is 5.20. The summed E-state index contributed by atoms with van der Waals surface area (Å²) in [6.45, 7) is 0.457. The highest BCUT2D eigenvalue weighted by Crippen LogP contribution is 2.19. The molecule has 0 radical (unpaired) electrons. The van der Waals surface area contributed by atoms with Crippen molar-refractivity contribution in [3.8, 4) is 0 Å². The molecule has 4 heteroatoms. The topological polar surface area (TPSA) is 47.8 Å². The molecule has 0 saturated heterocycles. The third-order valence-corrected chi connectivity index (χ3v) is 3.77. The second kappa shape index (κ2) is 5.07. The van der Waals surface area contributed by atoms with Gasteiger partial charge in [-0.05, 0) is 10.9 Å². The summed E-state index contributed by atoms with van der Waals surface area (Å²) in [5.41, 5.74) is 1.57. The summed E-state index contributed by atoms with van der Waals surface area (Å²) in [5.74, 6) is 0. The zero-order valence-corrected chi connectivity index (χ0v) is 11.8. The van der Waals surface area contributed by atoms with Crippen molar-refractivity contribution in [2.24, 2.45) is 0 Å². The highest BCUT2D eigenvalue weighted by molar-refractivity contribution is 6.04. The van der Waals surface area contributed by atoms with Gasteiger partial charge in [-0.3, -0.25) is 9.78 Å². The summed E-state index contributed by atoms with van der Waals surface area (Å²) in [6, 6.07) is 17.6. The summed E-state index contributed by atoms with van der Waals surface area (Å²) in [4.78, 5) is 17.1. The Kier molecular flexibility index (Phi) is 2.93. The lowest BCUT2D eigenvalue weighted by Crippen LogP contribution is -2.23. The molecule has 0 spiro atoms. The minimum atomic E-state index is -0.106. The fourth-order valence-corrected chi connectivity index (χ4v) is 2.68. The Bertz CT molecular complexity index is 1020. The summed E-state index contributed by atoms with van der Waals surface area (Å²) in [5, 5.41) is 6.76. The van der Waals surface area contributed by atoms with Crippen molar-refractivity contribution >= 4 is 21.7 Å². The Morgan fingerprint density at radius 2 is 1.68 bits per heavy atom. The molecule has 0 atom stereocenters. The van der Waals surface area contributed by atoms with Gasteiger partial charge < -0.3 is 0 Å². The lowest BCUT2D eigenvalue weighted by atomic mass is 10.1. The first-order chi connectivity index (χ1) is 10.8. The van der Waals surface area contributed by atoms with Crippen molar-refractivity contribution in [2.45, 2.75) is 6.54 Å². The molecule has 2 aromatic heterocycles. The Morgan fingerprint density at radius 3 is 2.55 bits per heavy atom. The van der Waals surface area contributed by atoms with Crippen LogP contribution in [0, 0.1) is 0 Å². The van der Waals surface area contributed by atoms with E-state index < -0.39 is 0 Å². The van der Waals surface area contributed by atoms with Gasteiger partial charge in [-0.1, -0.05) is 54.6 Å². The van der Waals surface area contributed by atoms with Crippen LogP contribution in [0.3, 0.4) is 0 Å². The van der Waals surface area contributed by atoms with Crippen molar-refractivity contribution in [1.29, 1.82) is 0 Å². The van der Waals surface area contributed by atoms with Crippen molar-refractivity contribution in [2.75, 3.05) is 0 Å². The van der Waals surface area contributed by atoms with Gasteiger partial charge >= 0.3 is 0 Å². The molecule has 0 aliphatic heterocycles. The summed E-state index contributed by atoms with van der Waals surface area (Å²) in [7, 11) is 0. The van der Waals surface area contributed by atoms with Crippen LogP contribution >= 0.6 is 0 Å². The average molecular weight is 287 g/mol. The molecular weight excluding hydrogens is 274 g/mol. The number of pyridine rings is 1. The van der Waals surface area contributed by atoms with E-state index in [1.165, 1.54) is 4.68 Å². The molecule has 4 aromatic rings. The van der Waals surface area contributed by atoms with Gasteiger partial charge in [-0.25, -0.2) is 4.68 Å². The molecule has 0 amide bonds. The molecule has 0 N–H and O–H groups in total. The van der Waals surface area contributed by atoms with E-state index in [0.717, 1.165) is 16.3 Å². The number of benzene rings is 2. The third-order valence-electron chi connectivity index (χ3n) is 3.77. The first-order valence-corrected chi connectivity index (χ1v) is 7.10. The first-order valence-electron chi connectivity index (χ1n) is 7.10. The van der Waals surface area contributed by atoms with E-state index in [4.69, 9.17) is 0 Å². The molecule has 0 bridgehead atoms. The number of fused-ring (bicyclic) bond motifs is 3. The SMILES string of the molecule is O=c1c2c(cnn1Cc1ccccc1)ncc1ccccc12. The van der Waals surface area contributed by atoms with Crippen LogP contribution < -0.4 is 5.56 Å². The maximum Gasteiger partial charge on any atom is 0.277 e. The van der Waals surface area contributed by atoms with Gasteiger partial charge in [0.1, 0.15) is 0 Å². The van der Waals surface area contributed by atoms with Crippen LogP contribution in [0.25, 0.3) is 21.7 Å².